The van der Waals surface area contributed by atoms with Crippen molar-refractivity contribution in [2.75, 3.05) is 13.2 Å². The Morgan fingerprint density at radius 3 is 2.29 bits per heavy atom. The lowest BCUT2D eigenvalue weighted by Crippen LogP contribution is -1.76. The quantitative estimate of drug-likeness (QED) is 0.489. The zero-order valence-electron chi connectivity index (χ0n) is 4.17. The Morgan fingerprint density at radius 2 is 1.86 bits per heavy atom. The van der Waals surface area contributed by atoms with Crippen molar-refractivity contribution in [1.82, 2.24) is 0 Å². The van der Waals surface area contributed by atoms with Crippen LogP contribution in [-0.4, -0.2) is 23.4 Å². The van der Waals surface area contributed by atoms with Gasteiger partial charge in [0.2, 0.25) is 0 Å². The van der Waals surface area contributed by atoms with Crippen LogP contribution >= 0.6 is 0 Å². The average Bonchev–Trinajstić information content (AvgIpc) is 1.69. The van der Waals surface area contributed by atoms with Crippen LogP contribution in [0.4, 0.5) is 0 Å². The van der Waals surface area contributed by atoms with Gasteiger partial charge in [0.05, 0.1) is 6.61 Å². The van der Waals surface area contributed by atoms with E-state index < -0.39 is 0 Å². The van der Waals surface area contributed by atoms with Gasteiger partial charge >= 0.3 is 0 Å². The molecule has 0 aromatic carbocycles. The molecule has 0 saturated carbocycles. The first kappa shape index (κ1) is 6.66. The van der Waals surface area contributed by atoms with Gasteiger partial charge in [-0.15, -0.1) is 0 Å². The smallest absolute Gasteiger partial charge is 0.0612 e. The standard InChI is InChI=1S/C5H10O2/c6-4-2-1-3-5-7/h1-2,6-7H,3-5H2. The van der Waals surface area contributed by atoms with E-state index in [0.717, 1.165) is 0 Å². The summed E-state index contributed by atoms with van der Waals surface area (Å²) < 4.78 is 0. The van der Waals surface area contributed by atoms with E-state index >= 15 is 0 Å². The Balaban J connectivity index is 2.78. The second-order valence-electron chi connectivity index (χ2n) is 1.17. The highest BCUT2D eigenvalue weighted by molar-refractivity contribution is 4.79. The molecule has 0 fully saturated rings. The van der Waals surface area contributed by atoms with Gasteiger partial charge < -0.3 is 10.2 Å². The topological polar surface area (TPSA) is 40.5 Å². The number of aliphatic hydroxyl groups excluding tert-OH is 2. The molecule has 42 valence electrons. The van der Waals surface area contributed by atoms with Crippen LogP contribution < -0.4 is 0 Å². The van der Waals surface area contributed by atoms with Crippen molar-refractivity contribution >= 4 is 0 Å². The summed E-state index contributed by atoms with van der Waals surface area (Å²) >= 11 is 0. The molecule has 2 heteroatoms. The minimum absolute atomic E-state index is 0.0694. The van der Waals surface area contributed by atoms with Gasteiger partial charge in [0, 0.05) is 6.61 Å². The van der Waals surface area contributed by atoms with Crippen molar-refractivity contribution in [1.29, 1.82) is 0 Å². The van der Waals surface area contributed by atoms with Crippen LogP contribution in [0, 0.1) is 0 Å². The van der Waals surface area contributed by atoms with Gasteiger partial charge in [-0.1, -0.05) is 12.2 Å². The van der Waals surface area contributed by atoms with Gasteiger partial charge in [0.15, 0.2) is 0 Å². The summed E-state index contributed by atoms with van der Waals surface area (Å²) in [6.45, 7) is 0.233. The summed E-state index contributed by atoms with van der Waals surface area (Å²) in [5.41, 5.74) is 0. The molecule has 7 heavy (non-hydrogen) atoms. The molecule has 0 unspecified atom stereocenters. The molecule has 0 atom stereocenters. The minimum atomic E-state index is 0.0694. The number of aliphatic hydroxyl groups is 2. The molecule has 2 N–H and O–H groups in total. The molecular weight excluding hydrogens is 92.1 g/mol. The van der Waals surface area contributed by atoms with Gasteiger partial charge in [-0.3, -0.25) is 0 Å². The molecule has 0 amide bonds. The fourth-order valence-electron chi connectivity index (χ4n) is 0.267. The summed E-state index contributed by atoms with van der Waals surface area (Å²) in [6.07, 6.45) is 3.98. The Labute approximate surface area is 43.1 Å². The maximum absolute atomic E-state index is 8.16. The lowest BCUT2D eigenvalue weighted by atomic mass is 10.4. The van der Waals surface area contributed by atoms with E-state index in [0.29, 0.717) is 6.42 Å². The second kappa shape index (κ2) is 5.66. The molecule has 0 heterocycles. The molecule has 0 aliphatic heterocycles. The molecule has 2 nitrogen and oxygen atoms in total. The molecule has 0 saturated heterocycles. The van der Waals surface area contributed by atoms with E-state index in [1.165, 1.54) is 0 Å². The number of hydrogen-bond donors (Lipinski definition) is 2. The molecule has 0 radical (unpaired) electrons. The van der Waals surface area contributed by atoms with Crippen molar-refractivity contribution in [3.8, 4) is 0 Å². The zero-order chi connectivity index (χ0) is 5.54. The monoisotopic (exact) mass is 102 g/mol. The second-order valence-corrected chi connectivity index (χ2v) is 1.17. The molecule has 0 aliphatic rings. The van der Waals surface area contributed by atoms with Crippen molar-refractivity contribution in [3.05, 3.63) is 12.2 Å². The third-order valence-electron chi connectivity index (χ3n) is 0.568. The summed E-state index contributed by atoms with van der Waals surface area (Å²) in [4.78, 5) is 0. The Hall–Kier alpha value is -0.340. The lowest BCUT2D eigenvalue weighted by molar-refractivity contribution is 0.301. The molecular formula is C5H10O2. The zero-order valence-corrected chi connectivity index (χ0v) is 4.17. The fourth-order valence-corrected chi connectivity index (χ4v) is 0.267. The van der Waals surface area contributed by atoms with E-state index in [4.69, 9.17) is 10.2 Å². The van der Waals surface area contributed by atoms with E-state index in [-0.39, 0.29) is 13.2 Å². The Bertz CT molecular complexity index is 50.0. The Morgan fingerprint density at radius 1 is 1.14 bits per heavy atom. The number of hydrogen-bond acceptors (Lipinski definition) is 2. The van der Waals surface area contributed by atoms with Gasteiger partial charge in [0.25, 0.3) is 0 Å². The highest BCUT2D eigenvalue weighted by Gasteiger charge is 1.69. The largest absolute Gasteiger partial charge is 0.396 e. The highest BCUT2D eigenvalue weighted by Crippen LogP contribution is 1.76. The van der Waals surface area contributed by atoms with Crippen molar-refractivity contribution < 1.29 is 10.2 Å². The lowest BCUT2D eigenvalue weighted by Gasteiger charge is -1.79. The minimum Gasteiger partial charge on any atom is -0.396 e. The molecule has 0 bridgehead atoms. The summed E-state index contributed by atoms with van der Waals surface area (Å²) in [5.74, 6) is 0. The van der Waals surface area contributed by atoms with Gasteiger partial charge in [-0.2, -0.15) is 0 Å². The van der Waals surface area contributed by atoms with Crippen LogP contribution in [0.2, 0.25) is 0 Å². The van der Waals surface area contributed by atoms with E-state index in [1.807, 2.05) is 0 Å². The summed E-state index contributed by atoms with van der Waals surface area (Å²) in [5, 5.41) is 16.3. The summed E-state index contributed by atoms with van der Waals surface area (Å²) in [6, 6.07) is 0. The van der Waals surface area contributed by atoms with Gasteiger partial charge in [-0.25, -0.2) is 0 Å². The van der Waals surface area contributed by atoms with Crippen LogP contribution in [0.1, 0.15) is 6.42 Å². The first-order chi connectivity index (χ1) is 3.41. The third kappa shape index (κ3) is 5.66. The van der Waals surface area contributed by atoms with Crippen LogP contribution in [0.3, 0.4) is 0 Å². The average molecular weight is 102 g/mol. The SMILES string of the molecule is OCC=CCCO. The van der Waals surface area contributed by atoms with Gasteiger partial charge in [-0.05, 0) is 6.42 Å². The molecule has 0 aliphatic carbocycles. The Kier molecular flexibility index (Phi) is 5.39. The van der Waals surface area contributed by atoms with Gasteiger partial charge in [0.1, 0.15) is 0 Å². The maximum atomic E-state index is 8.16. The molecule has 0 rings (SSSR count). The highest BCUT2D eigenvalue weighted by atomic mass is 16.3. The molecule has 0 spiro atoms. The first-order valence-electron chi connectivity index (χ1n) is 2.28. The molecule has 0 aromatic heterocycles. The predicted molar refractivity (Wildman–Crippen MR) is 27.9 cm³/mol. The van der Waals surface area contributed by atoms with Crippen LogP contribution in [0.5, 0.6) is 0 Å². The van der Waals surface area contributed by atoms with Crippen molar-refractivity contribution in [2.24, 2.45) is 0 Å². The van der Waals surface area contributed by atoms with E-state index in [1.54, 1.807) is 12.2 Å². The van der Waals surface area contributed by atoms with E-state index in [2.05, 4.69) is 0 Å². The van der Waals surface area contributed by atoms with Crippen molar-refractivity contribution in [2.45, 2.75) is 6.42 Å². The first-order valence-corrected chi connectivity index (χ1v) is 2.28. The van der Waals surface area contributed by atoms with Crippen LogP contribution in [-0.2, 0) is 0 Å². The van der Waals surface area contributed by atoms with Crippen molar-refractivity contribution in [3.63, 3.8) is 0 Å². The van der Waals surface area contributed by atoms with Crippen LogP contribution in [0.15, 0.2) is 12.2 Å². The van der Waals surface area contributed by atoms with Crippen LogP contribution in [0.25, 0.3) is 0 Å². The number of rotatable bonds is 3. The predicted octanol–water partition coefficient (Wildman–Crippen LogP) is -0.0827. The molecule has 0 aromatic rings. The maximum Gasteiger partial charge on any atom is 0.0612 e. The fraction of sp³-hybridized carbons (Fsp3) is 0.600. The third-order valence-corrected chi connectivity index (χ3v) is 0.568. The normalized spacial score (nSPS) is 10.6. The summed E-state index contributed by atoms with van der Waals surface area (Å²) in [7, 11) is 0. The van der Waals surface area contributed by atoms with E-state index in [9.17, 15) is 0 Å².